The van der Waals surface area contributed by atoms with Crippen LogP contribution in [-0.2, 0) is 8.78 Å². The fourth-order valence-corrected chi connectivity index (χ4v) is 8.53. The first-order chi connectivity index (χ1) is 11.5. The minimum Gasteiger partial charge on any atom is -0.315 e. The van der Waals surface area contributed by atoms with E-state index in [-0.39, 0.29) is 0 Å². The van der Waals surface area contributed by atoms with Gasteiger partial charge in [0.2, 0.25) is 0 Å². The highest BCUT2D eigenvalue weighted by molar-refractivity contribution is 7.49. The first-order valence-corrected chi connectivity index (χ1v) is 10.9. The van der Waals surface area contributed by atoms with Crippen LogP contribution in [0.1, 0.15) is 0 Å². The molecule has 0 aliphatic carbocycles. The Hall–Kier alpha value is -2.01. The maximum absolute atomic E-state index is 11.9. The molecule has 2 N–H and O–H groups in total. The van der Waals surface area contributed by atoms with Crippen molar-refractivity contribution in [1.82, 2.24) is 0 Å². The molecule has 3 rings (SSSR count). The molecule has 0 spiro atoms. The number of phosphoric acid groups is 1. The number of rotatable bonds is 5. The molecule has 3 aromatic carbocycles. The van der Waals surface area contributed by atoms with E-state index in [1.807, 2.05) is 91.0 Å². The Balaban J connectivity index is 2.35. The maximum atomic E-state index is 11.9. The minimum absolute atomic E-state index is 0.783. The molecule has 0 aliphatic heterocycles. The lowest BCUT2D eigenvalue weighted by molar-refractivity contribution is 0.284. The van der Waals surface area contributed by atoms with Crippen LogP contribution >= 0.6 is 7.82 Å². The molecule has 0 saturated carbocycles. The molecule has 0 heterocycles. The average molecular weight is 356 g/mol. The van der Waals surface area contributed by atoms with Crippen LogP contribution in [0.25, 0.3) is 0 Å². The van der Waals surface area contributed by atoms with Gasteiger partial charge in [-0.2, -0.15) is 0 Å². The first kappa shape index (κ1) is 16.8. The highest BCUT2D eigenvalue weighted by Gasteiger charge is 2.46. The Kier molecular flexibility index (Phi) is 4.80. The van der Waals surface area contributed by atoms with Crippen molar-refractivity contribution in [2.45, 2.75) is 0 Å². The van der Waals surface area contributed by atoms with E-state index >= 15 is 0 Å². The number of hydrogen-bond acceptors (Lipinski definition) is 2. The first-order valence-electron chi connectivity index (χ1n) is 7.45. The monoisotopic (exact) mass is 356 g/mol. The summed E-state index contributed by atoms with van der Waals surface area (Å²) in [6.45, 7) is 0. The van der Waals surface area contributed by atoms with Gasteiger partial charge in [-0.1, -0.05) is 91.0 Å². The molecular weight excluding hydrogens is 339 g/mol. The Morgan fingerprint density at radius 2 is 0.917 bits per heavy atom. The van der Waals surface area contributed by atoms with Gasteiger partial charge in [0.25, 0.3) is 0 Å². The highest BCUT2D eigenvalue weighted by Crippen LogP contribution is 2.39. The second-order valence-electron chi connectivity index (χ2n) is 5.36. The zero-order valence-corrected chi connectivity index (χ0v) is 14.7. The Labute approximate surface area is 141 Å². The van der Waals surface area contributed by atoms with Crippen LogP contribution in [0.15, 0.2) is 91.0 Å². The normalized spacial score (nSPS) is 12.1. The van der Waals surface area contributed by atoms with Crippen LogP contribution in [0.4, 0.5) is 0 Å². The van der Waals surface area contributed by atoms with Crippen LogP contribution in [0, 0.1) is 0 Å². The average Bonchev–Trinajstić information content (AvgIpc) is 2.61. The second kappa shape index (κ2) is 6.85. The third-order valence-electron chi connectivity index (χ3n) is 3.80. The van der Waals surface area contributed by atoms with Gasteiger partial charge >= 0.3 is 16.1 Å². The summed E-state index contributed by atoms with van der Waals surface area (Å²) in [6.07, 6.45) is 0. The van der Waals surface area contributed by atoms with Gasteiger partial charge in [0.15, 0.2) is 0 Å². The quantitative estimate of drug-likeness (QED) is 0.415. The van der Waals surface area contributed by atoms with E-state index in [4.69, 9.17) is 4.21 Å². The molecule has 3 aromatic rings. The van der Waals surface area contributed by atoms with Gasteiger partial charge in [0, 0.05) is 0 Å². The summed E-state index contributed by atoms with van der Waals surface area (Å²) in [5.74, 6) is 0. The van der Waals surface area contributed by atoms with Crippen molar-refractivity contribution in [1.29, 1.82) is 0 Å². The van der Waals surface area contributed by atoms with Crippen molar-refractivity contribution in [3.63, 3.8) is 0 Å². The smallest absolute Gasteiger partial charge is 0.315 e. The summed E-state index contributed by atoms with van der Waals surface area (Å²) < 4.78 is 17.5. The summed E-state index contributed by atoms with van der Waals surface area (Å²) in [5, 5.41) is 2.35. The predicted octanol–water partition coefficient (Wildman–Crippen LogP) is 1.76. The van der Waals surface area contributed by atoms with E-state index in [1.165, 1.54) is 0 Å². The largest absolute Gasteiger partial charge is 0.460 e. The highest BCUT2D eigenvalue weighted by atomic mass is 31.2. The Bertz CT molecular complexity index is 738. The minimum atomic E-state index is -4.72. The molecular formula is C18H17O4PSi. The zero-order chi connectivity index (χ0) is 17.0. The van der Waals surface area contributed by atoms with Crippen molar-refractivity contribution in [2.24, 2.45) is 0 Å². The summed E-state index contributed by atoms with van der Waals surface area (Å²) in [7, 11) is -8.04. The van der Waals surface area contributed by atoms with E-state index in [2.05, 4.69) is 0 Å². The fraction of sp³-hybridized carbons (Fsp3) is 0. The van der Waals surface area contributed by atoms with E-state index in [0.717, 1.165) is 15.6 Å². The molecule has 0 saturated heterocycles. The van der Waals surface area contributed by atoms with E-state index < -0.39 is 16.1 Å². The van der Waals surface area contributed by atoms with E-state index in [9.17, 15) is 14.4 Å². The molecule has 0 bridgehead atoms. The van der Waals surface area contributed by atoms with Crippen molar-refractivity contribution in [3.8, 4) is 0 Å². The van der Waals surface area contributed by atoms with Gasteiger partial charge in [0.1, 0.15) is 0 Å². The van der Waals surface area contributed by atoms with Gasteiger partial charge in [0.05, 0.1) is 0 Å². The van der Waals surface area contributed by atoms with Gasteiger partial charge in [-0.15, -0.1) is 0 Å². The molecule has 0 amide bonds. The topological polar surface area (TPSA) is 66.8 Å². The van der Waals surface area contributed by atoms with Gasteiger partial charge in [-0.25, -0.2) is 4.57 Å². The molecule has 24 heavy (non-hydrogen) atoms. The molecule has 6 heteroatoms. The molecule has 0 radical (unpaired) electrons. The lowest BCUT2D eigenvalue weighted by atomic mass is 10.3. The number of benzene rings is 3. The van der Waals surface area contributed by atoms with E-state index in [1.54, 1.807) is 0 Å². The Morgan fingerprint density at radius 3 is 1.17 bits per heavy atom. The van der Waals surface area contributed by atoms with Gasteiger partial charge < -0.3 is 14.0 Å². The van der Waals surface area contributed by atoms with Gasteiger partial charge in [-0.3, -0.25) is 0 Å². The van der Waals surface area contributed by atoms with Gasteiger partial charge in [-0.05, 0) is 15.6 Å². The lowest BCUT2D eigenvalue weighted by Crippen LogP contribution is -2.68. The third kappa shape index (κ3) is 3.41. The van der Waals surface area contributed by atoms with Crippen molar-refractivity contribution < 1.29 is 18.6 Å². The van der Waals surface area contributed by atoms with Crippen LogP contribution in [0.5, 0.6) is 0 Å². The molecule has 122 valence electrons. The van der Waals surface area contributed by atoms with Crippen LogP contribution < -0.4 is 15.6 Å². The molecule has 4 nitrogen and oxygen atoms in total. The molecule has 0 aliphatic rings. The van der Waals surface area contributed by atoms with Crippen molar-refractivity contribution >= 4 is 31.7 Å². The van der Waals surface area contributed by atoms with Crippen molar-refractivity contribution in [2.75, 3.05) is 0 Å². The zero-order valence-electron chi connectivity index (χ0n) is 12.8. The maximum Gasteiger partial charge on any atom is 0.460 e. The second-order valence-corrected chi connectivity index (χ2v) is 10.2. The molecule has 0 aromatic heterocycles. The van der Waals surface area contributed by atoms with Crippen LogP contribution in [-0.4, -0.2) is 18.1 Å². The predicted molar refractivity (Wildman–Crippen MR) is 97.1 cm³/mol. The van der Waals surface area contributed by atoms with Crippen molar-refractivity contribution in [3.05, 3.63) is 91.0 Å². The summed E-state index contributed by atoms with van der Waals surface area (Å²) in [6, 6.07) is 27.9. The third-order valence-corrected chi connectivity index (χ3v) is 9.28. The fourth-order valence-electron chi connectivity index (χ4n) is 2.86. The standard InChI is InChI=1S/C18H17O4PSi/c19-23(20,21)22-24(16-10-4-1-5-11-16,17-12-6-2-7-13-17)18-14-8-3-9-15-18/h1-15H,(H2,19,20,21). The van der Waals surface area contributed by atoms with Crippen LogP contribution in [0.2, 0.25) is 0 Å². The van der Waals surface area contributed by atoms with Crippen LogP contribution in [0.3, 0.4) is 0 Å². The van der Waals surface area contributed by atoms with E-state index in [0.29, 0.717) is 0 Å². The molecule has 0 atom stereocenters. The Morgan fingerprint density at radius 1 is 0.625 bits per heavy atom. The summed E-state index contributed by atoms with van der Waals surface area (Å²) >= 11 is 0. The number of hydrogen-bond donors (Lipinski definition) is 2. The summed E-state index contributed by atoms with van der Waals surface area (Å²) in [4.78, 5) is 19.3. The molecule has 0 fully saturated rings. The SMILES string of the molecule is O=P(O)(O)O[Si](c1ccccc1)(c1ccccc1)c1ccccc1. The summed E-state index contributed by atoms with van der Waals surface area (Å²) in [5.41, 5.74) is 0. The molecule has 0 unspecified atom stereocenters. The lowest BCUT2D eigenvalue weighted by Gasteiger charge is -2.32.